The molecule has 9 nitrogen and oxygen atoms in total. The molecule has 0 bridgehead atoms. The first kappa shape index (κ1) is 27.0. The molecule has 1 aliphatic rings. The Hall–Kier alpha value is -4.63. The molecule has 3 aromatic carbocycles. The molecular formula is C31H34N6O3. The molecule has 1 fully saturated rings. The van der Waals surface area contributed by atoms with Gasteiger partial charge >= 0.3 is 0 Å². The smallest absolute Gasteiger partial charge is 0.241 e. The molecule has 0 aliphatic carbocycles. The summed E-state index contributed by atoms with van der Waals surface area (Å²) in [5, 5.41) is 9.08. The van der Waals surface area contributed by atoms with Crippen molar-refractivity contribution >= 4 is 17.8 Å². The van der Waals surface area contributed by atoms with Gasteiger partial charge in [0.05, 0.1) is 26.1 Å². The average Bonchev–Trinajstić information content (AvgIpc) is 3.45. The second kappa shape index (κ2) is 12.9. The first-order valence-corrected chi connectivity index (χ1v) is 13.4. The van der Waals surface area contributed by atoms with Gasteiger partial charge in [-0.25, -0.2) is 10.1 Å². The van der Waals surface area contributed by atoms with Crippen molar-refractivity contribution in [2.24, 2.45) is 5.10 Å². The third-order valence-electron chi connectivity index (χ3n) is 6.96. The van der Waals surface area contributed by atoms with Gasteiger partial charge in [0.2, 0.25) is 5.91 Å². The van der Waals surface area contributed by atoms with Crippen molar-refractivity contribution in [2.45, 2.75) is 6.42 Å². The summed E-state index contributed by atoms with van der Waals surface area (Å²) in [6, 6.07) is 25.9. The van der Waals surface area contributed by atoms with Gasteiger partial charge < -0.3 is 14.4 Å². The lowest BCUT2D eigenvalue weighted by Crippen LogP contribution is -2.47. The molecule has 0 spiro atoms. The molecule has 1 N–H and O–H groups in total. The topological polar surface area (TPSA) is 84.2 Å². The summed E-state index contributed by atoms with van der Waals surface area (Å²) in [6.07, 6.45) is 3.91. The highest BCUT2D eigenvalue weighted by Gasteiger charge is 2.18. The number of piperazine rings is 1. The number of para-hydroxylation sites is 2. The van der Waals surface area contributed by atoms with Crippen molar-refractivity contribution in [2.75, 3.05) is 51.8 Å². The molecular weight excluding hydrogens is 504 g/mol. The SMILES string of the molecule is COc1ccc(-c2nn(-c3ccccc3)cc2C=NNC(=O)CCN2CCN(c3ccccc3)CC2)cc1OC. The zero-order valence-corrected chi connectivity index (χ0v) is 22.9. The van der Waals surface area contributed by atoms with E-state index in [1.807, 2.05) is 60.8 Å². The number of anilines is 1. The van der Waals surface area contributed by atoms with Gasteiger partial charge in [0.15, 0.2) is 11.5 Å². The maximum absolute atomic E-state index is 12.6. The van der Waals surface area contributed by atoms with E-state index >= 15 is 0 Å². The van der Waals surface area contributed by atoms with Crippen LogP contribution in [0.5, 0.6) is 11.5 Å². The zero-order chi connectivity index (χ0) is 27.7. The monoisotopic (exact) mass is 538 g/mol. The molecule has 5 rings (SSSR count). The molecule has 9 heteroatoms. The molecule has 0 saturated carbocycles. The Balaban J connectivity index is 1.22. The number of nitrogens with one attached hydrogen (secondary N) is 1. The van der Waals surface area contributed by atoms with E-state index in [-0.39, 0.29) is 5.91 Å². The summed E-state index contributed by atoms with van der Waals surface area (Å²) in [4.78, 5) is 17.3. The van der Waals surface area contributed by atoms with Gasteiger partial charge in [-0.15, -0.1) is 0 Å². The molecule has 4 aromatic rings. The number of methoxy groups -OCH3 is 2. The fraction of sp³-hybridized carbons (Fsp3) is 0.258. The normalized spacial score (nSPS) is 13.9. The largest absolute Gasteiger partial charge is 0.493 e. The number of aromatic nitrogens is 2. The van der Waals surface area contributed by atoms with Gasteiger partial charge in [0, 0.05) is 62.2 Å². The Kier molecular flexibility index (Phi) is 8.73. The van der Waals surface area contributed by atoms with Crippen LogP contribution in [0, 0.1) is 0 Å². The highest BCUT2D eigenvalue weighted by atomic mass is 16.5. The predicted molar refractivity (Wildman–Crippen MR) is 158 cm³/mol. The summed E-state index contributed by atoms with van der Waals surface area (Å²) in [6.45, 7) is 4.46. The van der Waals surface area contributed by atoms with Gasteiger partial charge in [-0.3, -0.25) is 9.69 Å². The molecule has 0 unspecified atom stereocenters. The molecule has 2 heterocycles. The highest BCUT2D eigenvalue weighted by Crippen LogP contribution is 2.33. The Labute approximate surface area is 234 Å². The van der Waals surface area contributed by atoms with E-state index in [0.717, 1.165) is 43.0 Å². The van der Waals surface area contributed by atoms with E-state index in [1.54, 1.807) is 25.1 Å². The van der Waals surface area contributed by atoms with Gasteiger partial charge in [-0.2, -0.15) is 10.2 Å². The first-order chi connectivity index (χ1) is 19.6. The minimum atomic E-state index is -0.121. The number of ether oxygens (including phenoxy) is 2. The predicted octanol–water partition coefficient (Wildman–Crippen LogP) is 4.22. The van der Waals surface area contributed by atoms with Crippen molar-refractivity contribution in [3.63, 3.8) is 0 Å². The quantitative estimate of drug-likeness (QED) is 0.241. The summed E-state index contributed by atoms with van der Waals surface area (Å²) in [5.74, 6) is 1.12. The lowest BCUT2D eigenvalue weighted by atomic mass is 10.1. The van der Waals surface area contributed by atoms with E-state index in [0.29, 0.717) is 30.2 Å². The highest BCUT2D eigenvalue weighted by molar-refractivity contribution is 5.90. The Morgan fingerprint density at radius 3 is 2.25 bits per heavy atom. The molecule has 40 heavy (non-hydrogen) atoms. The molecule has 0 atom stereocenters. The van der Waals surface area contributed by atoms with Crippen molar-refractivity contribution in [3.8, 4) is 28.4 Å². The molecule has 1 aromatic heterocycles. The third kappa shape index (κ3) is 6.50. The molecule has 0 radical (unpaired) electrons. The number of hydrogen-bond acceptors (Lipinski definition) is 7. The lowest BCUT2D eigenvalue weighted by Gasteiger charge is -2.36. The average molecular weight is 539 g/mol. The van der Waals surface area contributed by atoms with Crippen LogP contribution in [0.4, 0.5) is 5.69 Å². The van der Waals surface area contributed by atoms with Gasteiger partial charge in [-0.05, 0) is 42.5 Å². The molecule has 1 aliphatic heterocycles. The molecule has 206 valence electrons. The van der Waals surface area contributed by atoms with Crippen LogP contribution in [0.15, 0.2) is 90.2 Å². The Bertz CT molecular complexity index is 1430. The summed E-state index contributed by atoms with van der Waals surface area (Å²) in [5.41, 5.74) is 7.16. The van der Waals surface area contributed by atoms with Crippen LogP contribution in [0.2, 0.25) is 0 Å². The maximum Gasteiger partial charge on any atom is 0.241 e. The van der Waals surface area contributed by atoms with Crippen LogP contribution in [0.1, 0.15) is 12.0 Å². The van der Waals surface area contributed by atoms with E-state index in [4.69, 9.17) is 14.6 Å². The van der Waals surface area contributed by atoms with Crippen molar-refractivity contribution < 1.29 is 14.3 Å². The van der Waals surface area contributed by atoms with Crippen LogP contribution in [-0.4, -0.2) is 73.7 Å². The van der Waals surface area contributed by atoms with Crippen molar-refractivity contribution in [3.05, 3.63) is 90.6 Å². The Morgan fingerprint density at radius 2 is 1.57 bits per heavy atom. The first-order valence-electron chi connectivity index (χ1n) is 13.4. The fourth-order valence-corrected chi connectivity index (χ4v) is 4.76. The number of carbonyl (C=O) groups is 1. The van der Waals surface area contributed by atoms with E-state index in [9.17, 15) is 4.79 Å². The summed E-state index contributed by atoms with van der Waals surface area (Å²) < 4.78 is 12.7. The van der Waals surface area contributed by atoms with Crippen molar-refractivity contribution in [1.29, 1.82) is 0 Å². The van der Waals surface area contributed by atoms with E-state index in [2.05, 4.69) is 44.6 Å². The minimum absolute atomic E-state index is 0.121. The third-order valence-corrected chi connectivity index (χ3v) is 6.96. The number of rotatable bonds is 10. The second-order valence-corrected chi connectivity index (χ2v) is 9.49. The minimum Gasteiger partial charge on any atom is -0.493 e. The van der Waals surface area contributed by atoms with E-state index < -0.39 is 0 Å². The summed E-state index contributed by atoms with van der Waals surface area (Å²) in [7, 11) is 3.21. The van der Waals surface area contributed by atoms with Crippen LogP contribution in [0.25, 0.3) is 16.9 Å². The lowest BCUT2D eigenvalue weighted by molar-refractivity contribution is -0.121. The number of hydrazone groups is 1. The van der Waals surface area contributed by atoms with Crippen LogP contribution in [-0.2, 0) is 4.79 Å². The second-order valence-electron chi connectivity index (χ2n) is 9.49. The number of amides is 1. The fourth-order valence-electron chi connectivity index (χ4n) is 4.76. The molecule has 1 amide bonds. The number of carbonyl (C=O) groups excluding carboxylic acids is 1. The Morgan fingerprint density at radius 1 is 0.900 bits per heavy atom. The number of hydrogen-bond donors (Lipinski definition) is 1. The standard InChI is InChI=1S/C31H34N6O3/c1-39-28-14-13-24(21-29(28)40-2)31-25(23-37(34-31)27-11-7-4-8-12-27)22-32-33-30(38)15-16-35-17-19-36(20-18-35)26-9-5-3-6-10-26/h3-14,21-23H,15-20H2,1-2H3,(H,33,38). The number of benzene rings is 3. The van der Waals surface area contributed by atoms with Crippen LogP contribution >= 0.6 is 0 Å². The zero-order valence-electron chi connectivity index (χ0n) is 22.9. The van der Waals surface area contributed by atoms with Gasteiger partial charge in [0.1, 0.15) is 5.69 Å². The number of nitrogens with zero attached hydrogens (tertiary/aromatic N) is 5. The van der Waals surface area contributed by atoms with Crippen LogP contribution in [0.3, 0.4) is 0 Å². The maximum atomic E-state index is 12.6. The summed E-state index contributed by atoms with van der Waals surface area (Å²) >= 11 is 0. The van der Waals surface area contributed by atoms with E-state index in [1.165, 1.54) is 5.69 Å². The van der Waals surface area contributed by atoms with Gasteiger partial charge in [0.25, 0.3) is 0 Å². The van der Waals surface area contributed by atoms with Gasteiger partial charge in [-0.1, -0.05) is 36.4 Å². The van der Waals surface area contributed by atoms with Crippen LogP contribution < -0.4 is 19.8 Å². The molecule has 1 saturated heterocycles. The van der Waals surface area contributed by atoms with Crippen molar-refractivity contribution in [1.82, 2.24) is 20.1 Å².